The average Bonchev–Trinajstić information content (AvgIpc) is 2.40. The third-order valence-electron chi connectivity index (χ3n) is 2.46. The van der Waals surface area contributed by atoms with Crippen molar-refractivity contribution in [2.45, 2.75) is 23.1 Å². The van der Waals surface area contributed by atoms with E-state index >= 15 is 0 Å². The Morgan fingerprint density at radius 2 is 2.12 bits per heavy atom. The number of hydrogen-bond acceptors (Lipinski definition) is 6. The van der Waals surface area contributed by atoms with Crippen molar-refractivity contribution in [3.63, 3.8) is 0 Å². The molecule has 92 valence electrons. The van der Waals surface area contributed by atoms with Crippen LogP contribution in [0.5, 0.6) is 0 Å². The quantitative estimate of drug-likeness (QED) is 0.359. The minimum atomic E-state index is -0.00680. The first kappa shape index (κ1) is 12.1. The van der Waals surface area contributed by atoms with Gasteiger partial charge in [-0.2, -0.15) is 0 Å². The number of oxime groups is 1. The van der Waals surface area contributed by atoms with Crippen molar-refractivity contribution in [3.8, 4) is 0 Å². The zero-order chi connectivity index (χ0) is 12.1. The Bertz CT molecular complexity index is 407. The second-order valence-corrected chi connectivity index (χ2v) is 4.91. The number of nitrogens with zero attached hydrogens (tertiary/aromatic N) is 3. The van der Waals surface area contributed by atoms with E-state index in [1.807, 2.05) is 0 Å². The first-order valence-electron chi connectivity index (χ1n) is 5.34. The summed E-state index contributed by atoms with van der Waals surface area (Å²) in [6.45, 7) is 1.55. The average molecular weight is 254 g/mol. The first-order chi connectivity index (χ1) is 8.31. The van der Waals surface area contributed by atoms with Crippen molar-refractivity contribution >= 4 is 17.6 Å². The molecule has 2 heterocycles. The maximum Gasteiger partial charge on any atom is 0.191 e. The fourth-order valence-electron chi connectivity index (χ4n) is 1.59. The zero-order valence-electron chi connectivity index (χ0n) is 9.24. The van der Waals surface area contributed by atoms with Gasteiger partial charge in [0.15, 0.2) is 5.84 Å². The van der Waals surface area contributed by atoms with Gasteiger partial charge in [0.05, 0.1) is 0 Å². The van der Waals surface area contributed by atoms with Gasteiger partial charge in [0.2, 0.25) is 0 Å². The van der Waals surface area contributed by atoms with Gasteiger partial charge in [-0.3, -0.25) is 0 Å². The molecule has 0 aromatic carbocycles. The van der Waals surface area contributed by atoms with Gasteiger partial charge in [0.1, 0.15) is 10.7 Å². The summed E-state index contributed by atoms with van der Waals surface area (Å²) >= 11 is 1.61. The molecular formula is C10H14N4O2S. The van der Waals surface area contributed by atoms with Crippen molar-refractivity contribution in [1.29, 1.82) is 0 Å². The van der Waals surface area contributed by atoms with Crippen LogP contribution in [0.3, 0.4) is 0 Å². The lowest BCUT2D eigenvalue weighted by Gasteiger charge is -2.21. The topological polar surface area (TPSA) is 93.6 Å². The molecule has 1 aromatic heterocycles. The number of nitrogens with two attached hydrogens (primary N) is 1. The van der Waals surface area contributed by atoms with E-state index in [4.69, 9.17) is 15.7 Å². The largest absolute Gasteiger partial charge is 0.409 e. The molecule has 17 heavy (non-hydrogen) atoms. The molecular weight excluding hydrogens is 240 g/mol. The summed E-state index contributed by atoms with van der Waals surface area (Å²) < 4.78 is 5.30. The fourth-order valence-corrected chi connectivity index (χ4v) is 2.72. The minimum Gasteiger partial charge on any atom is -0.409 e. The highest BCUT2D eigenvalue weighted by Crippen LogP contribution is 2.29. The van der Waals surface area contributed by atoms with Crippen LogP contribution in [0, 0.1) is 0 Å². The van der Waals surface area contributed by atoms with Crippen molar-refractivity contribution in [1.82, 2.24) is 9.97 Å². The van der Waals surface area contributed by atoms with E-state index in [1.54, 1.807) is 18.0 Å². The molecule has 0 bridgehead atoms. The van der Waals surface area contributed by atoms with Gasteiger partial charge in [0.25, 0.3) is 0 Å². The predicted octanol–water partition coefficient (Wildman–Crippen LogP) is 0.842. The number of thioether (sulfide) groups is 1. The van der Waals surface area contributed by atoms with Gasteiger partial charge in [-0.25, -0.2) is 9.97 Å². The van der Waals surface area contributed by atoms with Crippen LogP contribution in [0.4, 0.5) is 0 Å². The highest BCUT2D eigenvalue weighted by molar-refractivity contribution is 7.99. The SMILES string of the molecule is NC(=NO)c1nccnc1SC1CCOCC1. The zero-order valence-corrected chi connectivity index (χ0v) is 10.1. The molecule has 0 saturated carbocycles. The molecule has 0 unspecified atom stereocenters. The van der Waals surface area contributed by atoms with Crippen LogP contribution in [-0.2, 0) is 4.74 Å². The molecule has 6 nitrogen and oxygen atoms in total. The van der Waals surface area contributed by atoms with Crippen molar-refractivity contribution < 1.29 is 9.94 Å². The lowest BCUT2D eigenvalue weighted by atomic mass is 10.2. The summed E-state index contributed by atoms with van der Waals surface area (Å²) in [6.07, 6.45) is 5.10. The number of hydrogen-bond donors (Lipinski definition) is 2. The number of ether oxygens (including phenoxy) is 1. The standard InChI is InChI=1S/C10H14N4O2S/c11-9(14-15)8-10(13-4-3-12-8)17-7-1-5-16-6-2-7/h3-4,7,15H,1-2,5-6H2,(H2,11,14). The van der Waals surface area contributed by atoms with E-state index < -0.39 is 0 Å². The van der Waals surface area contributed by atoms with Crippen molar-refractivity contribution in [3.05, 3.63) is 18.1 Å². The molecule has 7 heteroatoms. The lowest BCUT2D eigenvalue weighted by molar-refractivity contribution is 0.1000. The van der Waals surface area contributed by atoms with Gasteiger partial charge in [-0.15, -0.1) is 11.8 Å². The van der Waals surface area contributed by atoms with Gasteiger partial charge < -0.3 is 15.7 Å². The summed E-state index contributed by atoms with van der Waals surface area (Å²) in [5, 5.41) is 12.8. The third-order valence-corrected chi connectivity index (χ3v) is 3.79. The number of amidine groups is 1. The Morgan fingerprint density at radius 3 is 2.82 bits per heavy atom. The molecule has 1 aromatic rings. The van der Waals surface area contributed by atoms with Crippen LogP contribution >= 0.6 is 11.8 Å². The Hall–Kier alpha value is -1.34. The Kier molecular flexibility index (Phi) is 4.16. The summed E-state index contributed by atoms with van der Waals surface area (Å²) in [5.41, 5.74) is 6.00. The second-order valence-electron chi connectivity index (χ2n) is 3.62. The number of rotatable bonds is 3. The molecule has 1 aliphatic heterocycles. The van der Waals surface area contributed by atoms with Crippen LogP contribution in [0.25, 0.3) is 0 Å². The van der Waals surface area contributed by atoms with Crippen LogP contribution in [-0.4, -0.2) is 39.5 Å². The van der Waals surface area contributed by atoms with E-state index in [9.17, 15) is 0 Å². The molecule has 0 amide bonds. The van der Waals surface area contributed by atoms with Crippen molar-refractivity contribution in [2.24, 2.45) is 10.9 Å². The van der Waals surface area contributed by atoms with Crippen LogP contribution in [0.2, 0.25) is 0 Å². The Balaban J connectivity index is 2.14. The fraction of sp³-hybridized carbons (Fsp3) is 0.500. The highest BCUT2D eigenvalue weighted by Gasteiger charge is 2.19. The van der Waals surface area contributed by atoms with E-state index in [0.717, 1.165) is 26.1 Å². The highest BCUT2D eigenvalue weighted by atomic mass is 32.2. The molecule has 2 rings (SSSR count). The summed E-state index contributed by atoms with van der Waals surface area (Å²) in [6, 6.07) is 0. The van der Waals surface area contributed by atoms with Crippen molar-refractivity contribution in [2.75, 3.05) is 13.2 Å². The maximum atomic E-state index is 8.68. The molecule has 0 radical (unpaired) electrons. The summed E-state index contributed by atoms with van der Waals surface area (Å²) in [4.78, 5) is 8.31. The normalized spacial score (nSPS) is 18.2. The lowest BCUT2D eigenvalue weighted by Crippen LogP contribution is -2.20. The Labute approximate surface area is 103 Å². The molecule has 0 aliphatic carbocycles. The molecule has 0 spiro atoms. The molecule has 1 fully saturated rings. The van der Waals surface area contributed by atoms with Crippen LogP contribution in [0.15, 0.2) is 22.6 Å². The Morgan fingerprint density at radius 1 is 1.41 bits per heavy atom. The first-order valence-corrected chi connectivity index (χ1v) is 6.22. The van der Waals surface area contributed by atoms with Crippen LogP contribution in [0.1, 0.15) is 18.5 Å². The molecule has 1 saturated heterocycles. The van der Waals surface area contributed by atoms with E-state index in [1.165, 1.54) is 6.20 Å². The summed E-state index contributed by atoms with van der Waals surface area (Å²) in [7, 11) is 0. The van der Waals surface area contributed by atoms with Gasteiger partial charge >= 0.3 is 0 Å². The third kappa shape index (κ3) is 3.07. The summed E-state index contributed by atoms with van der Waals surface area (Å²) in [5.74, 6) is -0.00680. The van der Waals surface area contributed by atoms with Gasteiger partial charge in [-0.1, -0.05) is 5.16 Å². The van der Waals surface area contributed by atoms with Crippen LogP contribution < -0.4 is 5.73 Å². The molecule has 0 atom stereocenters. The maximum absolute atomic E-state index is 8.68. The number of aromatic nitrogens is 2. The molecule has 3 N–H and O–H groups in total. The predicted molar refractivity (Wildman–Crippen MR) is 64.2 cm³/mol. The minimum absolute atomic E-state index is 0.00680. The monoisotopic (exact) mass is 254 g/mol. The smallest absolute Gasteiger partial charge is 0.191 e. The van der Waals surface area contributed by atoms with E-state index in [-0.39, 0.29) is 5.84 Å². The van der Waals surface area contributed by atoms with Gasteiger partial charge in [0, 0.05) is 30.9 Å². The van der Waals surface area contributed by atoms with Gasteiger partial charge in [-0.05, 0) is 12.8 Å². The van der Waals surface area contributed by atoms with E-state index in [0.29, 0.717) is 16.0 Å². The molecule has 1 aliphatic rings. The second kappa shape index (κ2) is 5.83. The van der Waals surface area contributed by atoms with E-state index in [2.05, 4.69) is 15.1 Å².